The molecule has 0 saturated carbocycles. The van der Waals surface area contributed by atoms with Gasteiger partial charge in [-0.1, -0.05) is 28.1 Å². The molecular formula is C11H8BrClN2. The summed E-state index contributed by atoms with van der Waals surface area (Å²) in [7, 11) is 0. The van der Waals surface area contributed by atoms with Gasteiger partial charge in [0.25, 0.3) is 0 Å². The summed E-state index contributed by atoms with van der Waals surface area (Å²) in [5.41, 5.74) is 2.09. The predicted octanol–water partition coefficient (Wildman–Crippen LogP) is 3.64. The Bertz CT molecular complexity index is 439. The van der Waals surface area contributed by atoms with Crippen molar-refractivity contribution in [3.05, 3.63) is 47.0 Å². The van der Waals surface area contributed by atoms with Gasteiger partial charge in [0, 0.05) is 22.4 Å². The summed E-state index contributed by atoms with van der Waals surface area (Å²) in [5.74, 6) is 0.998. The Balaban J connectivity index is 2.33. The van der Waals surface area contributed by atoms with E-state index in [0.717, 1.165) is 15.6 Å². The van der Waals surface area contributed by atoms with E-state index in [2.05, 4.69) is 25.9 Å². The van der Waals surface area contributed by atoms with Crippen molar-refractivity contribution < 1.29 is 0 Å². The van der Waals surface area contributed by atoms with Crippen LogP contribution in [0.1, 0.15) is 5.82 Å². The number of halogens is 2. The zero-order valence-corrected chi connectivity index (χ0v) is 10.2. The summed E-state index contributed by atoms with van der Waals surface area (Å²) in [6, 6.07) is 8.02. The highest BCUT2D eigenvalue weighted by Crippen LogP contribution is 2.20. The Morgan fingerprint density at radius 2 is 1.60 bits per heavy atom. The molecule has 0 radical (unpaired) electrons. The van der Waals surface area contributed by atoms with Gasteiger partial charge in [0.2, 0.25) is 0 Å². The molecule has 15 heavy (non-hydrogen) atoms. The lowest BCUT2D eigenvalue weighted by Crippen LogP contribution is -1.90. The molecule has 0 aliphatic rings. The van der Waals surface area contributed by atoms with Crippen LogP contribution in [-0.2, 0) is 5.88 Å². The van der Waals surface area contributed by atoms with Gasteiger partial charge in [-0.25, -0.2) is 9.97 Å². The molecule has 0 fully saturated rings. The van der Waals surface area contributed by atoms with E-state index in [9.17, 15) is 0 Å². The molecule has 0 atom stereocenters. The summed E-state index contributed by atoms with van der Waals surface area (Å²) in [6.07, 6.45) is 3.57. The maximum absolute atomic E-state index is 5.61. The van der Waals surface area contributed by atoms with Gasteiger partial charge in [-0.05, 0) is 17.7 Å². The number of rotatable bonds is 2. The van der Waals surface area contributed by atoms with Crippen molar-refractivity contribution in [1.29, 1.82) is 0 Å². The van der Waals surface area contributed by atoms with Gasteiger partial charge in [0.05, 0.1) is 5.88 Å². The molecule has 0 unspecified atom stereocenters. The Kier molecular flexibility index (Phi) is 3.34. The van der Waals surface area contributed by atoms with Crippen molar-refractivity contribution >= 4 is 27.5 Å². The third-order valence-corrected chi connectivity index (χ3v) is 2.77. The number of hydrogen-bond acceptors (Lipinski definition) is 2. The number of aromatic nitrogens is 2. The predicted molar refractivity (Wildman–Crippen MR) is 64.7 cm³/mol. The zero-order valence-electron chi connectivity index (χ0n) is 7.82. The minimum Gasteiger partial charge on any atom is -0.239 e. The first-order chi connectivity index (χ1) is 7.29. The van der Waals surface area contributed by atoms with Gasteiger partial charge in [-0.15, -0.1) is 11.6 Å². The Morgan fingerprint density at radius 1 is 1.00 bits per heavy atom. The maximum atomic E-state index is 5.61. The maximum Gasteiger partial charge on any atom is 0.142 e. The van der Waals surface area contributed by atoms with E-state index in [-0.39, 0.29) is 0 Å². The van der Waals surface area contributed by atoms with E-state index in [1.807, 2.05) is 24.3 Å². The highest BCUT2D eigenvalue weighted by Gasteiger charge is 1.99. The average Bonchev–Trinajstić information content (AvgIpc) is 2.30. The quantitative estimate of drug-likeness (QED) is 0.786. The molecule has 0 saturated heterocycles. The number of hydrogen-bond donors (Lipinski definition) is 0. The third kappa shape index (κ3) is 2.55. The van der Waals surface area contributed by atoms with Crippen LogP contribution in [0.2, 0.25) is 0 Å². The van der Waals surface area contributed by atoms with Crippen LogP contribution < -0.4 is 0 Å². The smallest absolute Gasteiger partial charge is 0.142 e. The fourth-order valence-corrected chi connectivity index (χ4v) is 1.62. The molecule has 0 amide bonds. The Hall–Kier alpha value is -0.930. The van der Waals surface area contributed by atoms with E-state index in [0.29, 0.717) is 11.7 Å². The summed E-state index contributed by atoms with van der Waals surface area (Å²) in [6.45, 7) is 0. The Morgan fingerprint density at radius 3 is 2.13 bits per heavy atom. The molecule has 0 spiro atoms. The van der Waals surface area contributed by atoms with E-state index < -0.39 is 0 Å². The van der Waals surface area contributed by atoms with Crippen LogP contribution in [0.25, 0.3) is 11.1 Å². The van der Waals surface area contributed by atoms with Crippen molar-refractivity contribution in [2.45, 2.75) is 5.88 Å². The van der Waals surface area contributed by atoms with Crippen molar-refractivity contribution in [2.24, 2.45) is 0 Å². The SMILES string of the molecule is ClCc1ncc(-c2ccc(Br)cc2)cn1. The molecule has 0 bridgehead atoms. The van der Waals surface area contributed by atoms with Crippen molar-refractivity contribution in [3.8, 4) is 11.1 Å². The van der Waals surface area contributed by atoms with Gasteiger partial charge in [-0.2, -0.15) is 0 Å². The second-order valence-corrected chi connectivity index (χ2v) is 4.21. The first-order valence-corrected chi connectivity index (χ1v) is 5.75. The second-order valence-electron chi connectivity index (χ2n) is 3.03. The summed E-state index contributed by atoms with van der Waals surface area (Å²) in [4.78, 5) is 8.28. The molecule has 2 rings (SSSR count). The molecule has 2 aromatic rings. The molecule has 0 N–H and O–H groups in total. The summed E-state index contributed by atoms with van der Waals surface area (Å²) in [5, 5.41) is 0. The molecular weight excluding hydrogens is 275 g/mol. The fraction of sp³-hybridized carbons (Fsp3) is 0.0909. The first-order valence-electron chi connectivity index (χ1n) is 4.42. The number of benzene rings is 1. The number of nitrogens with zero attached hydrogens (tertiary/aromatic N) is 2. The lowest BCUT2D eigenvalue weighted by Gasteiger charge is -2.01. The van der Waals surface area contributed by atoms with Crippen LogP contribution in [-0.4, -0.2) is 9.97 Å². The van der Waals surface area contributed by atoms with Crippen molar-refractivity contribution in [1.82, 2.24) is 9.97 Å². The van der Waals surface area contributed by atoms with E-state index in [1.165, 1.54) is 0 Å². The third-order valence-electron chi connectivity index (χ3n) is 2.00. The highest BCUT2D eigenvalue weighted by atomic mass is 79.9. The van der Waals surface area contributed by atoms with Gasteiger partial charge >= 0.3 is 0 Å². The van der Waals surface area contributed by atoms with E-state index in [1.54, 1.807) is 12.4 Å². The fourth-order valence-electron chi connectivity index (χ4n) is 1.22. The zero-order chi connectivity index (χ0) is 10.7. The molecule has 4 heteroatoms. The monoisotopic (exact) mass is 282 g/mol. The van der Waals surface area contributed by atoms with Crippen LogP contribution in [0.3, 0.4) is 0 Å². The highest BCUT2D eigenvalue weighted by molar-refractivity contribution is 9.10. The molecule has 1 heterocycles. The first kappa shape index (κ1) is 10.6. The van der Waals surface area contributed by atoms with Crippen LogP contribution in [0, 0.1) is 0 Å². The molecule has 2 nitrogen and oxygen atoms in total. The standard InChI is InChI=1S/C11H8BrClN2/c12-10-3-1-8(2-4-10)9-6-14-11(5-13)15-7-9/h1-4,6-7H,5H2. The van der Waals surface area contributed by atoms with Crippen LogP contribution >= 0.6 is 27.5 Å². The van der Waals surface area contributed by atoms with E-state index in [4.69, 9.17) is 11.6 Å². The second kappa shape index (κ2) is 4.73. The minimum absolute atomic E-state index is 0.348. The van der Waals surface area contributed by atoms with Crippen LogP contribution in [0.5, 0.6) is 0 Å². The largest absolute Gasteiger partial charge is 0.239 e. The van der Waals surface area contributed by atoms with Gasteiger partial charge in [-0.3, -0.25) is 0 Å². The van der Waals surface area contributed by atoms with Crippen LogP contribution in [0.4, 0.5) is 0 Å². The molecule has 76 valence electrons. The van der Waals surface area contributed by atoms with Gasteiger partial charge < -0.3 is 0 Å². The van der Waals surface area contributed by atoms with Crippen molar-refractivity contribution in [2.75, 3.05) is 0 Å². The normalized spacial score (nSPS) is 10.3. The average molecular weight is 284 g/mol. The minimum atomic E-state index is 0.348. The number of alkyl halides is 1. The summed E-state index contributed by atoms with van der Waals surface area (Å²) < 4.78 is 1.06. The molecule has 1 aromatic carbocycles. The topological polar surface area (TPSA) is 25.8 Å². The molecule has 0 aliphatic carbocycles. The van der Waals surface area contributed by atoms with E-state index >= 15 is 0 Å². The molecule has 1 aromatic heterocycles. The lowest BCUT2D eigenvalue weighted by molar-refractivity contribution is 1.03. The van der Waals surface area contributed by atoms with Crippen LogP contribution in [0.15, 0.2) is 41.1 Å². The van der Waals surface area contributed by atoms with Crippen molar-refractivity contribution in [3.63, 3.8) is 0 Å². The van der Waals surface area contributed by atoms with Gasteiger partial charge in [0.15, 0.2) is 0 Å². The Labute approximate surface area is 101 Å². The lowest BCUT2D eigenvalue weighted by atomic mass is 10.1. The summed E-state index contributed by atoms with van der Waals surface area (Å²) >= 11 is 9.01. The molecule has 0 aliphatic heterocycles. The van der Waals surface area contributed by atoms with Gasteiger partial charge in [0.1, 0.15) is 5.82 Å².